The van der Waals surface area contributed by atoms with Crippen molar-refractivity contribution in [2.45, 2.75) is 44.8 Å². The van der Waals surface area contributed by atoms with Crippen LogP contribution in [0.25, 0.3) is 0 Å². The van der Waals surface area contributed by atoms with Crippen molar-refractivity contribution in [3.63, 3.8) is 0 Å². The molecule has 3 fully saturated rings. The summed E-state index contributed by atoms with van der Waals surface area (Å²) in [6.07, 6.45) is 1.81. The average Bonchev–Trinajstić information content (AvgIpc) is 2.13. The van der Waals surface area contributed by atoms with E-state index >= 15 is 0 Å². The SMILES string of the molecule is CC(C)(C)OC(=O)NC12COCC(C=O)(C1)C2. The second-order valence-electron chi connectivity index (χ2n) is 6.23. The number of aldehydes is 1. The fourth-order valence-corrected chi connectivity index (χ4v) is 2.71. The van der Waals surface area contributed by atoms with Gasteiger partial charge in [0.1, 0.15) is 11.9 Å². The van der Waals surface area contributed by atoms with Crippen LogP contribution in [-0.2, 0) is 14.3 Å². The molecule has 2 bridgehead atoms. The number of carbonyl (C=O) groups is 2. The van der Waals surface area contributed by atoms with Crippen molar-refractivity contribution in [3.05, 3.63) is 0 Å². The monoisotopic (exact) mass is 241 g/mol. The number of carbonyl (C=O) groups excluding carboxylic acids is 2. The Morgan fingerprint density at radius 1 is 1.35 bits per heavy atom. The van der Waals surface area contributed by atoms with E-state index in [-0.39, 0.29) is 5.41 Å². The maximum absolute atomic E-state index is 11.7. The molecule has 2 aliphatic heterocycles. The molecule has 1 N–H and O–H groups in total. The lowest BCUT2D eigenvalue weighted by atomic mass is 9.57. The van der Waals surface area contributed by atoms with Gasteiger partial charge in [0.05, 0.1) is 24.2 Å². The first kappa shape index (κ1) is 12.4. The highest BCUT2D eigenvalue weighted by atomic mass is 16.6. The summed E-state index contributed by atoms with van der Waals surface area (Å²) in [6.45, 7) is 6.38. The summed E-state index contributed by atoms with van der Waals surface area (Å²) in [5.41, 5.74) is -1.30. The van der Waals surface area contributed by atoms with Crippen LogP contribution >= 0.6 is 0 Å². The van der Waals surface area contributed by atoms with E-state index in [0.29, 0.717) is 26.1 Å². The molecule has 3 aliphatic rings. The fourth-order valence-electron chi connectivity index (χ4n) is 2.71. The molecule has 17 heavy (non-hydrogen) atoms. The largest absolute Gasteiger partial charge is 0.444 e. The van der Waals surface area contributed by atoms with Crippen LogP contribution in [0.3, 0.4) is 0 Å². The van der Waals surface area contributed by atoms with Gasteiger partial charge in [-0.1, -0.05) is 0 Å². The molecule has 5 nitrogen and oxygen atoms in total. The van der Waals surface area contributed by atoms with Gasteiger partial charge in [0.25, 0.3) is 0 Å². The number of ether oxygens (including phenoxy) is 2. The lowest BCUT2D eigenvalue weighted by Crippen LogP contribution is -2.70. The molecule has 1 amide bonds. The zero-order valence-corrected chi connectivity index (χ0v) is 10.5. The van der Waals surface area contributed by atoms with Gasteiger partial charge in [-0.25, -0.2) is 4.79 Å². The molecule has 0 unspecified atom stereocenters. The van der Waals surface area contributed by atoms with Crippen LogP contribution in [0.5, 0.6) is 0 Å². The minimum absolute atomic E-state index is 0.382. The smallest absolute Gasteiger partial charge is 0.408 e. The van der Waals surface area contributed by atoms with E-state index in [9.17, 15) is 9.59 Å². The predicted molar refractivity (Wildman–Crippen MR) is 60.7 cm³/mol. The number of fused-ring (bicyclic) bond motifs is 2. The van der Waals surface area contributed by atoms with E-state index in [2.05, 4.69) is 5.32 Å². The summed E-state index contributed by atoms with van der Waals surface area (Å²) in [7, 11) is 0. The van der Waals surface area contributed by atoms with Crippen LogP contribution in [0.15, 0.2) is 0 Å². The second-order valence-corrected chi connectivity index (χ2v) is 6.23. The number of alkyl carbamates (subject to hydrolysis) is 1. The van der Waals surface area contributed by atoms with Gasteiger partial charge >= 0.3 is 6.09 Å². The van der Waals surface area contributed by atoms with E-state index in [0.717, 1.165) is 6.29 Å². The maximum atomic E-state index is 11.7. The standard InChI is InChI=1S/C12H19NO4/c1-10(2,3)17-9(15)13-12-4-11(5-12,6-14)7-16-8-12/h6H,4-5,7-8H2,1-3H3,(H,13,15). The minimum Gasteiger partial charge on any atom is -0.444 e. The van der Waals surface area contributed by atoms with E-state index < -0.39 is 17.2 Å². The van der Waals surface area contributed by atoms with Crippen molar-refractivity contribution in [2.75, 3.05) is 13.2 Å². The van der Waals surface area contributed by atoms with Gasteiger partial charge in [0.15, 0.2) is 0 Å². The molecule has 0 aromatic rings. The quantitative estimate of drug-likeness (QED) is 0.739. The van der Waals surface area contributed by atoms with Gasteiger partial charge in [-0.2, -0.15) is 0 Å². The number of nitrogens with one attached hydrogen (secondary N) is 1. The Morgan fingerprint density at radius 2 is 2.00 bits per heavy atom. The maximum Gasteiger partial charge on any atom is 0.408 e. The van der Waals surface area contributed by atoms with Crippen molar-refractivity contribution < 1.29 is 19.1 Å². The summed E-state index contributed by atoms with van der Waals surface area (Å²) < 4.78 is 10.6. The lowest BCUT2D eigenvalue weighted by Gasteiger charge is -2.57. The van der Waals surface area contributed by atoms with Crippen LogP contribution < -0.4 is 5.32 Å². The fraction of sp³-hybridized carbons (Fsp3) is 0.833. The minimum atomic E-state index is -0.512. The molecular weight excluding hydrogens is 222 g/mol. The second kappa shape index (κ2) is 3.70. The highest BCUT2D eigenvalue weighted by Gasteiger charge is 2.59. The Morgan fingerprint density at radius 3 is 2.53 bits per heavy atom. The molecule has 96 valence electrons. The average molecular weight is 241 g/mol. The van der Waals surface area contributed by atoms with Gasteiger partial charge in [0, 0.05) is 0 Å². The summed E-state index contributed by atoms with van der Waals surface area (Å²) in [5, 5.41) is 2.83. The van der Waals surface area contributed by atoms with Crippen LogP contribution in [0.4, 0.5) is 4.79 Å². The highest BCUT2D eigenvalue weighted by Crippen LogP contribution is 2.51. The van der Waals surface area contributed by atoms with Gasteiger partial charge in [-0.15, -0.1) is 0 Å². The molecule has 0 radical (unpaired) electrons. The molecule has 0 aromatic carbocycles. The summed E-state index contributed by atoms with van der Waals surface area (Å²) >= 11 is 0. The molecule has 0 atom stereocenters. The summed E-state index contributed by atoms with van der Waals surface area (Å²) in [5.74, 6) is 0. The number of amides is 1. The Bertz CT molecular complexity index is 339. The first-order valence-electron chi connectivity index (χ1n) is 5.84. The van der Waals surface area contributed by atoms with E-state index in [4.69, 9.17) is 9.47 Å². The Hall–Kier alpha value is -1.10. The Kier molecular flexibility index (Phi) is 2.69. The number of rotatable bonds is 2. The molecule has 3 rings (SSSR count). The van der Waals surface area contributed by atoms with Crippen molar-refractivity contribution in [1.29, 1.82) is 0 Å². The summed E-state index contributed by atoms with van der Waals surface area (Å²) in [4.78, 5) is 22.6. The van der Waals surface area contributed by atoms with Crippen molar-refractivity contribution in [1.82, 2.24) is 5.32 Å². The first-order valence-corrected chi connectivity index (χ1v) is 5.84. The van der Waals surface area contributed by atoms with E-state index in [1.165, 1.54) is 0 Å². The van der Waals surface area contributed by atoms with Gasteiger partial charge < -0.3 is 19.6 Å². The predicted octanol–water partition coefficient (Wildman–Crippen LogP) is 1.26. The Labute approximate surface area is 101 Å². The van der Waals surface area contributed by atoms with Gasteiger partial charge in [0.2, 0.25) is 0 Å². The molecule has 2 heterocycles. The zero-order chi connectivity index (χ0) is 12.7. The lowest BCUT2D eigenvalue weighted by molar-refractivity contribution is -0.165. The number of hydrogen-bond acceptors (Lipinski definition) is 4. The molecule has 1 saturated carbocycles. The normalized spacial score (nSPS) is 35.7. The van der Waals surface area contributed by atoms with Crippen molar-refractivity contribution >= 4 is 12.4 Å². The molecule has 1 aliphatic carbocycles. The third kappa shape index (κ3) is 2.44. The van der Waals surface area contributed by atoms with Crippen LogP contribution in [0.2, 0.25) is 0 Å². The third-order valence-electron chi connectivity index (χ3n) is 3.16. The van der Waals surface area contributed by atoms with Gasteiger partial charge in [-0.3, -0.25) is 0 Å². The van der Waals surface area contributed by atoms with Crippen LogP contribution in [0.1, 0.15) is 33.6 Å². The zero-order valence-electron chi connectivity index (χ0n) is 10.5. The molecule has 2 saturated heterocycles. The van der Waals surface area contributed by atoms with Crippen LogP contribution in [0, 0.1) is 5.41 Å². The third-order valence-corrected chi connectivity index (χ3v) is 3.16. The number of hydrogen-bond donors (Lipinski definition) is 1. The molecule has 0 aromatic heterocycles. The van der Waals surface area contributed by atoms with Gasteiger partial charge in [-0.05, 0) is 33.6 Å². The molecular formula is C12H19NO4. The summed E-state index contributed by atoms with van der Waals surface area (Å²) in [6, 6.07) is 0. The first-order chi connectivity index (χ1) is 7.78. The topological polar surface area (TPSA) is 64.6 Å². The highest BCUT2D eigenvalue weighted by molar-refractivity contribution is 5.71. The van der Waals surface area contributed by atoms with E-state index in [1.54, 1.807) is 0 Å². The molecule has 0 spiro atoms. The van der Waals surface area contributed by atoms with Crippen molar-refractivity contribution in [2.24, 2.45) is 5.41 Å². The van der Waals surface area contributed by atoms with Crippen molar-refractivity contribution in [3.8, 4) is 0 Å². The van der Waals surface area contributed by atoms with E-state index in [1.807, 2.05) is 20.8 Å². The van der Waals surface area contributed by atoms with Crippen LogP contribution in [-0.4, -0.2) is 36.7 Å². The molecule has 5 heteroatoms. The Balaban J connectivity index is 1.92.